The second kappa shape index (κ2) is 6.97. The van der Waals surface area contributed by atoms with Crippen molar-refractivity contribution in [3.63, 3.8) is 0 Å². The van der Waals surface area contributed by atoms with Crippen LogP contribution in [-0.4, -0.2) is 10.6 Å². The highest BCUT2D eigenvalue weighted by Gasteiger charge is 2.17. The van der Waals surface area contributed by atoms with Crippen LogP contribution in [0, 0.1) is 0 Å². The van der Waals surface area contributed by atoms with Gasteiger partial charge in [0.05, 0.1) is 5.02 Å². The number of halogens is 1. The Morgan fingerprint density at radius 3 is 2.48 bits per heavy atom. The van der Waals surface area contributed by atoms with Gasteiger partial charge in [0.25, 0.3) is 0 Å². The third kappa shape index (κ3) is 4.76. The maximum absolute atomic E-state index is 9.93. The molecule has 0 spiro atoms. The number of benzene rings is 2. The van der Waals surface area contributed by atoms with Gasteiger partial charge in [-0.3, -0.25) is 0 Å². The van der Waals surface area contributed by atoms with Gasteiger partial charge in [-0.05, 0) is 38.3 Å². The molecule has 2 aromatic carbocycles. The Morgan fingerprint density at radius 2 is 1.76 bits per heavy atom. The lowest BCUT2D eigenvalue weighted by molar-refractivity contribution is 0.356. The third-order valence-electron chi connectivity index (χ3n) is 3.71. The summed E-state index contributed by atoms with van der Waals surface area (Å²) < 4.78 is 0. The highest BCUT2D eigenvalue weighted by molar-refractivity contribution is 6.32. The van der Waals surface area contributed by atoms with E-state index in [1.807, 2.05) is 18.2 Å². The van der Waals surface area contributed by atoms with Crippen LogP contribution in [0.4, 0.5) is 0 Å². The molecule has 112 valence electrons. The zero-order valence-electron chi connectivity index (χ0n) is 12.6. The van der Waals surface area contributed by atoms with Crippen LogP contribution in [0.25, 0.3) is 0 Å². The predicted molar refractivity (Wildman–Crippen MR) is 88.8 cm³/mol. The Kier molecular flexibility index (Phi) is 5.27. The molecule has 0 radical (unpaired) electrons. The van der Waals surface area contributed by atoms with Gasteiger partial charge in [0.15, 0.2) is 0 Å². The number of hydrogen-bond acceptors (Lipinski definition) is 2. The maximum Gasteiger partial charge on any atom is 0.138 e. The zero-order valence-corrected chi connectivity index (χ0v) is 13.3. The Bertz CT molecular complexity index is 581. The van der Waals surface area contributed by atoms with Crippen molar-refractivity contribution >= 4 is 11.6 Å². The van der Waals surface area contributed by atoms with Gasteiger partial charge in [0.1, 0.15) is 5.75 Å². The monoisotopic (exact) mass is 303 g/mol. The van der Waals surface area contributed by atoms with E-state index in [-0.39, 0.29) is 11.3 Å². The molecule has 2 N–H and O–H groups in total. The molecule has 0 aromatic heterocycles. The smallest absolute Gasteiger partial charge is 0.138 e. The molecular weight excluding hydrogens is 282 g/mol. The first-order chi connectivity index (χ1) is 9.98. The van der Waals surface area contributed by atoms with Gasteiger partial charge in [-0.15, -0.1) is 0 Å². The lowest BCUT2D eigenvalue weighted by Gasteiger charge is -2.27. The summed E-state index contributed by atoms with van der Waals surface area (Å²) >= 11 is 5.93. The average Bonchev–Trinajstić information content (AvgIpc) is 2.48. The first kappa shape index (κ1) is 15.9. The van der Waals surface area contributed by atoms with E-state index in [0.29, 0.717) is 11.6 Å². The van der Waals surface area contributed by atoms with E-state index in [0.717, 1.165) is 18.4 Å². The van der Waals surface area contributed by atoms with E-state index in [1.165, 1.54) is 5.56 Å². The predicted octanol–water partition coefficient (Wildman–Crippen LogP) is 4.55. The molecule has 0 saturated heterocycles. The minimum Gasteiger partial charge on any atom is -0.506 e. The fraction of sp³-hybridized carbons (Fsp3) is 0.333. The fourth-order valence-corrected chi connectivity index (χ4v) is 2.42. The standard InChI is InChI=1S/C18H22ClNO/c1-18(2,12-11-14-7-4-3-5-8-14)20-13-15-9-6-10-16(19)17(15)21/h3-10,20-21H,11-13H2,1-2H3. The molecule has 2 aromatic rings. The molecule has 0 unspecified atom stereocenters. The van der Waals surface area contributed by atoms with Crippen molar-refractivity contribution in [2.75, 3.05) is 0 Å². The normalized spacial score (nSPS) is 11.6. The van der Waals surface area contributed by atoms with Crippen LogP contribution < -0.4 is 5.32 Å². The van der Waals surface area contributed by atoms with Crippen LogP contribution in [0.3, 0.4) is 0 Å². The van der Waals surface area contributed by atoms with Crippen molar-refractivity contribution in [1.82, 2.24) is 5.32 Å². The van der Waals surface area contributed by atoms with Gasteiger partial charge in [0, 0.05) is 17.6 Å². The zero-order chi connectivity index (χ0) is 15.3. The lowest BCUT2D eigenvalue weighted by Crippen LogP contribution is -2.39. The van der Waals surface area contributed by atoms with Crippen LogP contribution in [0.15, 0.2) is 48.5 Å². The minimum atomic E-state index is -0.00933. The van der Waals surface area contributed by atoms with E-state index < -0.39 is 0 Å². The van der Waals surface area contributed by atoms with Gasteiger partial charge >= 0.3 is 0 Å². The summed E-state index contributed by atoms with van der Waals surface area (Å²) in [6, 6.07) is 15.9. The lowest BCUT2D eigenvalue weighted by atomic mass is 9.95. The summed E-state index contributed by atoms with van der Waals surface area (Å²) in [5.74, 6) is 0.172. The SMILES string of the molecule is CC(C)(CCc1ccccc1)NCc1cccc(Cl)c1O. The number of para-hydroxylation sites is 1. The quantitative estimate of drug-likeness (QED) is 0.820. The van der Waals surface area contributed by atoms with Crippen molar-refractivity contribution in [1.29, 1.82) is 0 Å². The first-order valence-corrected chi connectivity index (χ1v) is 7.61. The van der Waals surface area contributed by atoms with Crippen molar-refractivity contribution in [2.24, 2.45) is 0 Å². The number of phenols is 1. The molecule has 21 heavy (non-hydrogen) atoms. The maximum atomic E-state index is 9.93. The molecule has 2 nitrogen and oxygen atoms in total. The summed E-state index contributed by atoms with van der Waals surface area (Å²) in [6.07, 6.45) is 2.06. The number of rotatable bonds is 6. The van der Waals surface area contributed by atoms with E-state index >= 15 is 0 Å². The second-order valence-electron chi connectivity index (χ2n) is 5.97. The molecule has 0 atom stereocenters. The van der Waals surface area contributed by atoms with E-state index in [4.69, 9.17) is 11.6 Å². The molecular formula is C18H22ClNO. The fourth-order valence-electron chi connectivity index (χ4n) is 2.23. The largest absolute Gasteiger partial charge is 0.506 e. The molecule has 2 rings (SSSR count). The van der Waals surface area contributed by atoms with Gasteiger partial charge < -0.3 is 10.4 Å². The van der Waals surface area contributed by atoms with Crippen molar-refractivity contribution in [2.45, 2.75) is 38.8 Å². The third-order valence-corrected chi connectivity index (χ3v) is 4.01. The first-order valence-electron chi connectivity index (χ1n) is 7.23. The molecule has 0 amide bonds. The number of hydrogen-bond donors (Lipinski definition) is 2. The van der Waals surface area contributed by atoms with Crippen LogP contribution >= 0.6 is 11.6 Å². The Balaban J connectivity index is 1.90. The number of aryl methyl sites for hydroxylation is 1. The van der Waals surface area contributed by atoms with Gasteiger partial charge in [-0.25, -0.2) is 0 Å². The Morgan fingerprint density at radius 1 is 1.05 bits per heavy atom. The number of nitrogens with one attached hydrogen (secondary N) is 1. The Labute approximate surface area is 131 Å². The van der Waals surface area contributed by atoms with Crippen molar-refractivity contribution in [3.05, 3.63) is 64.7 Å². The van der Waals surface area contributed by atoms with Crippen molar-refractivity contribution in [3.8, 4) is 5.75 Å². The molecule has 0 saturated carbocycles. The van der Waals surface area contributed by atoms with Gasteiger partial charge in [-0.1, -0.05) is 54.1 Å². The molecule has 0 aliphatic carbocycles. The summed E-state index contributed by atoms with van der Waals surface area (Å²) in [7, 11) is 0. The van der Waals surface area contributed by atoms with Crippen LogP contribution in [0.5, 0.6) is 5.75 Å². The van der Waals surface area contributed by atoms with Crippen LogP contribution in [0.1, 0.15) is 31.4 Å². The van der Waals surface area contributed by atoms with E-state index in [2.05, 4.69) is 43.4 Å². The second-order valence-corrected chi connectivity index (χ2v) is 6.38. The molecule has 0 bridgehead atoms. The van der Waals surface area contributed by atoms with Gasteiger partial charge in [-0.2, -0.15) is 0 Å². The molecule has 0 heterocycles. The van der Waals surface area contributed by atoms with Gasteiger partial charge in [0.2, 0.25) is 0 Å². The number of aromatic hydroxyl groups is 1. The topological polar surface area (TPSA) is 32.3 Å². The summed E-state index contributed by atoms with van der Waals surface area (Å²) in [5.41, 5.74) is 2.16. The molecule has 0 aliphatic rings. The van der Waals surface area contributed by atoms with E-state index in [9.17, 15) is 5.11 Å². The minimum absolute atomic E-state index is 0.00933. The van der Waals surface area contributed by atoms with Crippen LogP contribution in [0.2, 0.25) is 5.02 Å². The highest BCUT2D eigenvalue weighted by Crippen LogP contribution is 2.27. The summed E-state index contributed by atoms with van der Waals surface area (Å²) in [6.45, 7) is 4.96. The highest BCUT2D eigenvalue weighted by atomic mass is 35.5. The summed E-state index contributed by atoms with van der Waals surface area (Å²) in [5, 5.41) is 13.8. The Hall–Kier alpha value is -1.51. The average molecular weight is 304 g/mol. The molecule has 0 fully saturated rings. The summed E-state index contributed by atoms with van der Waals surface area (Å²) in [4.78, 5) is 0. The van der Waals surface area contributed by atoms with Crippen LogP contribution in [-0.2, 0) is 13.0 Å². The number of phenolic OH excluding ortho intramolecular Hbond substituents is 1. The molecule has 0 aliphatic heterocycles. The molecule has 3 heteroatoms. The van der Waals surface area contributed by atoms with E-state index in [1.54, 1.807) is 6.07 Å². The van der Waals surface area contributed by atoms with Crippen molar-refractivity contribution < 1.29 is 5.11 Å².